The number of rotatable bonds is 3. The summed E-state index contributed by atoms with van der Waals surface area (Å²) in [5, 5.41) is 3.96. The van der Waals surface area contributed by atoms with Crippen molar-refractivity contribution in [1.29, 1.82) is 0 Å². The third-order valence-electron chi connectivity index (χ3n) is 4.31. The molecule has 1 fully saturated rings. The fourth-order valence-electron chi connectivity index (χ4n) is 2.41. The van der Waals surface area contributed by atoms with Gasteiger partial charge in [0.2, 0.25) is 5.89 Å². The van der Waals surface area contributed by atoms with Crippen LogP contribution in [0.2, 0.25) is 0 Å². The quantitative estimate of drug-likeness (QED) is 0.855. The monoisotopic (exact) mass is 301 g/mol. The molecule has 1 aromatic rings. The van der Waals surface area contributed by atoms with Crippen LogP contribution in [0.25, 0.3) is 0 Å². The van der Waals surface area contributed by atoms with Gasteiger partial charge in [-0.05, 0) is 26.7 Å². The first kappa shape index (κ1) is 15.4. The summed E-state index contributed by atoms with van der Waals surface area (Å²) in [7, 11) is -3.34. The fraction of sp³-hybridized carbons (Fsp3) is 0.846. The highest BCUT2D eigenvalue weighted by Crippen LogP contribution is 2.34. The minimum Gasteiger partial charge on any atom is -0.338 e. The second kappa shape index (κ2) is 5.11. The summed E-state index contributed by atoms with van der Waals surface area (Å²) in [5.41, 5.74) is 5.82. The van der Waals surface area contributed by atoms with Crippen molar-refractivity contribution < 1.29 is 12.9 Å². The van der Waals surface area contributed by atoms with Crippen LogP contribution in [0.4, 0.5) is 0 Å². The van der Waals surface area contributed by atoms with Crippen LogP contribution in [0, 0.1) is 0 Å². The van der Waals surface area contributed by atoms with Crippen molar-refractivity contribution >= 4 is 9.84 Å². The Morgan fingerprint density at radius 2 is 1.75 bits per heavy atom. The molecule has 2 N–H and O–H groups in total. The van der Waals surface area contributed by atoms with Gasteiger partial charge in [-0.1, -0.05) is 30.8 Å². The number of hydrogen-bond acceptors (Lipinski definition) is 6. The van der Waals surface area contributed by atoms with Gasteiger partial charge >= 0.3 is 0 Å². The predicted molar refractivity (Wildman–Crippen MR) is 75.7 cm³/mol. The van der Waals surface area contributed by atoms with Crippen molar-refractivity contribution in [3.63, 3.8) is 0 Å². The molecule has 0 unspecified atom stereocenters. The SMILES string of the molecule is CC(C)(c1nc(C2(N)CCCCCC2)no1)S(C)(=O)=O. The lowest BCUT2D eigenvalue weighted by atomic mass is 9.91. The Bertz CT molecular complexity index is 569. The maximum Gasteiger partial charge on any atom is 0.247 e. The first-order chi connectivity index (χ1) is 9.17. The molecule has 0 amide bonds. The molecule has 0 atom stereocenters. The molecule has 7 heteroatoms. The summed E-state index contributed by atoms with van der Waals surface area (Å²) >= 11 is 0. The highest BCUT2D eigenvalue weighted by Gasteiger charge is 2.41. The van der Waals surface area contributed by atoms with Crippen molar-refractivity contribution in [2.75, 3.05) is 6.26 Å². The maximum absolute atomic E-state index is 11.8. The fourth-order valence-corrected chi connectivity index (χ4v) is 2.81. The van der Waals surface area contributed by atoms with Gasteiger partial charge in [-0.3, -0.25) is 0 Å². The molecule has 0 aliphatic heterocycles. The van der Waals surface area contributed by atoms with Gasteiger partial charge in [0.15, 0.2) is 15.7 Å². The number of nitrogens with zero attached hydrogens (tertiary/aromatic N) is 2. The van der Waals surface area contributed by atoms with E-state index in [0.29, 0.717) is 5.82 Å². The van der Waals surface area contributed by atoms with E-state index in [1.54, 1.807) is 13.8 Å². The smallest absolute Gasteiger partial charge is 0.247 e. The maximum atomic E-state index is 11.8. The Hall–Kier alpha value is -0.950. The van der Waals surface area contributed by atoms with E-state index in [4.69, 9.17) is 10.3 Å². The van der Waals surface area contributed by atoms with Gasteiger partial charge in [0.25, 0.3) is 0 Å². The van der Waals surface area contributed by atoms with E-state index < -0.39 is 20.1 Å². The van der Waals surface area contributed by atoms with Gasteiger partial charge in [-0.25, -0.2) is 8.42 Å². The summed E-state index contributed by atoms with van der Waals surface area (Å²) < 4.78 is 27.6. The molecule has 20 heavy (non-hydrogen) atoms. The normalized spacial score (nSPS) is 20.6. The zero-order valence-corrected chi connectivity index (χ0v) is 13.2. The Morgan fingerprint density at radius 3 is 2.25 bits per heavy atom. The number of nitrogens with two attached hydrogens (primary N) is 1. The Kier molecular flexibility index (Phi) is 3.94. The third kappa shape index (κ3) is 2.74. The van der Waals surface area contributed by atoms with E-state index in [2.05, 4.69) is 10.1 Å². The molecule has 1 aromatic heterocycles. The zero-order chi connectivity index (χ0) is 15.0. The van der Waals surface area contributed by atoms with Crippen LogP contribution in [0.15, 0.2) is 4.52 Å². The Balaban J connectivity index is 2.33. The lowest BCUT2D eigenvalue weighted by Crippen LogP contribution is -2.37. The Labute approximate surface area is 120 Å². The van der Waals surface area contributed by atoms with Gasteiger partial charge in [0.1, 0.15) is 4.75 Å². The second-order valence-electron chi connectivity index (χ2n) is 6.28. The summed E-state index contributed by atoms with van der Waals surface area (Å²) in [6.45, 7) is 3.13. The average molecular weight is 301 g/mol. The molecule has 0 saturated heterocycles. The van der Waals surface area contributed by atoms with E-state index >= 15 is 0 Å². The van der Waals surface area contributed by atoms with Crippen LogP contribution in [0.3, 0.4) is 0 Å². The highest BCUT2D eigenvalue weighted by molar-refractivity contribution is 7.91. The number of hydrogen-bond donors (Lipinski definition) is 1. The van der Waals surface area contributed by atoms with E-state index in [9.17, 15) is 8.42 Å². The summed E-state index contributed by atoms with van der Waals surface area (Å²) in [6, 6.07) is 0. The molecule has 114 valence electrons. The van der Waals surface area contributed by atoms with E-state index in [1.165, 1.54) is 19.1 Å². The van der Waals surface area contributed by atoms with Gasteiger partial charge in [-0.15, -0.1) is 0 Å². The van der Waals surface area contributed by atoms with Crippen molar-refractivity contribution in [2.24, 2.45) is 5.73 Å². The highest BCUT2D eigenvalue weighted by atomic mass is 32.2. The number of sulfone groups is 1. The van der Waals surface area contributed by atoms with Crippen LogP contribution in [0.1, 0.15) is 64.1 Å². The number of aromatic nitrogens is 2. The topological polar surface area (TPSA) is 99.1 Å². The van der Waals surface area contributed by atoms with E-state index in [-0.39, 0.29) is 5.89 Å². The molecule has 0 radical (unpaired) electrons. The minimum absolute atomic E-state index is 0.115. The standard InChI is InChI=1S/C13H23N3O3S/c1-12(2,20(3,17)18)11-15-10(16-19-11)13(14)8-6-4-5-7-9-13/h4-9,14H2,1-3H3. The first-order valence-corrected chi connectivity index (χ1v) is 8.89. The summed E-state index contributed by atoms with van der Waals surface area (Å²) in [6.07, 6.45) is 7.19. The Morgan fingerprint density at radius 1 is 1.20 bits per heavy atom. The molecular formula is C13H23N3O3S. The van der Waals surface area contributed by atoms with Gasteiger partial charge in [-0.2, -0.15) is 4.98 Å². The average Bonchev–Trinajstić information content (AvgIpc) is 2.74. The van der Waals surface area contributed by atoms with E-state index in [0.717, 1.165) is 25.7 Å². The molecule has 1 aliphatic carbocycles. The van der Waals surface area contributed by atoms with Gasteiger partial charge < -0.3 is 10.3 Å². The van der Waals surface area contributed by atoms with Crippen LogP contribution in [0.5, 0.6) is 0 Å². The lowest BCUT2D eigenvalue weighted by molar-refractivity contribution is 0.314. The summed E-state index contributed by atoms with van der Waals surface area (Å²) in [4.78, 5) is 4.30. The van der Waals surface area contributed by atoms with E-state index in [1.807, 2.05) is 0 Å². The molecular weight excluding hydrogens is 278 g/mol. The molecule has 2 rings (SSSR count). The first-order valence-electron chi connectivity index (χ1n) is 7.00. The lowest BCUT2D eigenvalue weighted by Gasteiger charge is -2.23. The molecule has 1 aliphatic rings. The molecule has 6 nitrogen and oxygen atoms in total. The van der Waals surface area contributed by atoms with Crippen LogP contribution in [-0.2, 0) is 20.1 Å². The zero-order valence-electron chi connectivity index (χ0n) is 12.3. The van der Waals surface area contributed by atoms with Crippen LogP contribution >= 0.6 is 0 Å². The largest absolute Gasteiger partial charge is 0.338 e. The summed E-state index contributed by atoms with van der Waals surface area (Å²) in [5.74, 6) is 0.551. The van der Waals surface area contributed by atoms with Gasteiger partial charge in [0.05, 0.1) is 5.54 Å². The predicted octanol–water partition coefficient (Wildman–Crippen LogP) is 1.86. The van der Waals surface area contributed by atoms with Crippen molar-refractivity contribution in [3.05, 3.63) is 11.7 Å². The molecule has 1 saturated carbocycles. The molecule has 0 spiro atoms. The molecule has 0 bridgehead atoms. The van der Waals surface area contributed by atoms with Crippen molar-refractivity contribution in [2.45, 2.75) is 62.7 Å². The second-order valence-corrected chi connectivity index (χ2v) is 8.84. The minimum atomic E-state index is -3.34. The molecule has 0 aromatic carbocycles. The van der Waals surface area contributed by atoms with Crippen molar-refractivity contribution in [1.82, 2.24) is 10.1 Å². The van der Waals surface area contributed by atoms with Gasteiger partial charge in [0, 0.05) is 6.26 Å². The third-order valence-corrected chi connectivity index (χ3v) is 6.34. The molecule has 1 heterocycles. The van der Waals surface area contributed by atoms with Crippen LogP contribution in [-0.4, -0.2) is 24.8 Å². The van der Waals surface area contributed by atoms with Crippen LogP contribution < -0.4 is 5.73 Å². The van der Waals surface area contributed by atoms with Crippen molar-refractivity contribution in [3.8, 4) is 0 Å².